The zero-order valence-corrected chi connectivity index (χ0v) is 12.1. The summed E-state index contributed by atoms with van der Waals surface area (Å²) in [5.41, 5.74) is 0.935. The summed E-state index contributed by atoms with van der Waals surface area (Å²) >= 11 is 5.50. The second kappa shape index (κ2) is 5.40. The highest BCUT2D eigenvalue weighted by Crippen LogP contribution is 2.01. The standard InChI is InChI=1S/C13H19N5S/c1-15-6-4-7-16(10-9-15)11-18-13(19)17-8-3-2-5-12(17)14-18/h2-3,5,8H,4,6-7,9-11H2,1H3/p+2. The molecule has 2 atom stereocenters. The minimum atomic E-state index is 0.799. The summed E-state index contributed by atoms with van der Waals surface area (Å²) in [6.07, 6.45) is 3.26. The lowest BCUT2D eigenvalue weighted by atomic mass is 10.4. The molecule has 0 aliphatic carbocycles. The molecule has 19 heavy (non-hydrogen) atoms. The first kappa shape index (κ1) is 12.8. The number of nitrogens with one attached hydrogen (secondary N) is 2. The quantitative estimate of drug-likeness (QED) is 0.665. The largest absolute Gasteiger partial charge is 0.333 e. The van der Waals surface area contributed by atoms with Gasteiger partial charge in [0.05, 0.1) is 20.1 Å². The van der Waals surface area contributed by atoms with E-state index in [1.54, 1.807) is 9.80 Å². The fourth-order valence-electron chi connectivity index (χ4n) is 2.72. The van der Waals surface area contributed by atoms with Crippen LogP contribution >= 0.6 is 12.2 Å². The summed E-state index contributed by atoms with van der Waals surface area (Å²) in [5, 5.41) is 4.60. The third-order valence-corrected chi connectivity index (χ3v) is 4.31. The van der Waals surface area contributed by atoms with Crippen molar-refractivity contribution in [3.8, 4) is 0 Å². The molecular formula is C13H21N5S+2. The predicted molar refractivity (Wildman–Crippen MR) is 76.0 cm³/mol. The van der Waals surface area contributed by atoms with Crippen molar-refractivity contribution in [1.82, 2.24) is 14.2 Å². The number of aromatic nitrogens is 3. The lowest BCUT2D eigenvalue weighted by molar-refractivity contribution is -0.945. The maximum absolute atomic E-state index is 5.50. The highest BCUT2D eigenvalue weighted by molar-refractivity contribution is 7.71. The summed E-state index contributed by atoms with van der Waals surface area (Å²) in [5.74, 6) is 0. The van der Waals surface area contributed by atoms with Gasteiger partial charge in [0.2, 0.25) is 4.77 Å². The van der Waals surface area contributed by atoms with E-state index in [2.05, 4.69) is 12.1 Å². The number of quaternary nitrogens is 2. The Morgan fingerprint density at radius 2 is 2.16 bits per heavy atom. The lowest BCUT2D eigenvalue weighted by Crippen LogP contribution is -3.16. The average molecular weight is 279 g/mol. The van der Waals surface area contributed by atoms with E-state index in [-0.39, 0.29) is 0 Å². The topological polar surface area (TPSA) is 31.1 Å². The summed E-state index contributed by atoms with van der Waals surface area (Å²) < 4.78 is 4.75. The fourth-order valence-corrected chi connectivity index (χ4v) is 2.98. The minimum absolute atomic E-state index is 0.799. The van der Waals surface area contributed by atoms with Crippen molar-refractivity contribution < 1.29 is 9.80 Å². The van der Waals surface area contributed by atoms with Gasteiger partial charge in [0.25, 0.3) is 0 Å². The van der Waals surface area contributed by atoms with Crippen molar-refractivity contribution in [2.24, 2.45) is 0 Å². The van der Waals surface area contributed by atoms with E-state index < -0.39 is 0 Å². The molecule has 0 bridgehead atoms. The molecule has 0 radical (unpaired) electrons. The second-order valence-corrected chi connectivity index (χ2v) is 5.79. The average Bonchev–Trinajstić information content (AvgIpc) is 2.58. The molecule has 2 N–H and O–H groups in total. The molecule has 1 aliphatic heterocycles. The number of pyridine rings is 1. The Hall–Kier alpha value is -1.24. The van der Waals surface area contributed by atoms with E-state index in [4.69, 9.17) is 12.2 Å². The van der Waals surface area contributed by atoms with Crippen molar-refractivity contribution in [3.05, 3.63) is 29.2 Å². The van der Waals surface area contributed by atoms with Crippen molar-refractivity contribution in [2.45, 2.75) is 13.1 Å². The van der Waals surface area contributed by atoms with Gasteiger partial charge in [-0.15, -0.1) is 5.10 Å². The molecule has 1 aliphatic rings. The summed E-state index contributed by atoms with van der Waals surface area (Å²) in [6, 6.07) is 5.99. The van der Waals surface area contributed by atoms with Crippen LogP contribution in [0.3, 0.4) is 0 Å². The molecule has 6 heteroatoms. The first-order chi connectivity index (χ1) is 9.24. The molecule has 102 valence electrons. The summed E-state index contributed by atoms with van der Waals surface area (Å²) in [7, 11) is 2.28. The van der Waals surface area contributed by atoms with Gasteiger partial charge < -0.3 is 9.80 Å². The van der Waals surface area contributed by atoms with Gasteiger partial charge in [0.1, 0.15) is 13.1 Å². The monoisotopic (exact) mass is 279 g/mol. The lowest BCUT2D eigenvalue weighted by Gasteiger charge is -2.15. The molecule has 0 saturated carbocycles. The molecule has 5 nitrogen and oxygen atoms in total. The molecule has 2 aromatic heterocycles. The van der Waals surface area contributed by atoms with E-state index in [9.17, 15) is 0 Å². The Bertz CT molecular complexity index is 617. The molecular weight excluding hydrogens is 258 g/mol. The number of hydrogen-bond acceptors (Lipinski definition) is 2. The van der Waals surface area contributed by atoms with Crippen LogP contribution in [0.15, 0.2) is 24.4 Å². The normalized spacial score (nSPS) is 24.5. The summed E-state index contributed by atoms with van der Waals surface area (Å²) in [6.45, 7) is 5.80. The number of hydrogen-bond donors (Lipinski definition) is 2. The van der Waals surface area contributed by atoms with Crippen LogP contribution in [-0.2, 0) is 6.67 Å². The SMILES string of the molecule is C[NH+]1CCC[NH+](Cn2nc3ccccn3c2=S)CC1. The highest BCUT2D eigenvalue weighted by atomic mass is 32.1. The molecule has 0 aromatic carbocycles. The maximum atomic E-state index is 5.50. The van der Waals surface area contributed by atoms with Crippen molar-refractivity contribution in [2.75, 3.05) is 33.2 Å². The molecule has 0 spiro atoms. The van der Waals surface area contributed by atoms with E-state index in [1.165, 1.54) is 32.6 Å². The Balaban J connectivity index is 1.81. The van der Waals surface area contributed by atoms with E-state index in [1.807, 2.05) is 33.5 Å². The highest BCUT2D eigenvalue weighted by Gasteiger charge is 2.18. The van der Waals surface area contributed by atoms with Crippen LogP contribution in [0, 0.1) is 4.77 Å². The minimum Gasteiger partial charge on any atom is -0.333 e. The van der Waals surface area contributed by atoms with Crippen molar-refractivity contribution >= 4 is 17.9 Å². The number of fused-ring (bicyclic) bond motifs is 1. The molecule has 1 fully saturated rings. The molecule has 1 saturated heterocycles. The zero-order valence-electron chi connectivity index (χ0n) is 11.3. The maximum Gasteiger partial charge on any atom is 0.207 e. The van der Waals surface area contributed by atoms with Crippen LogP contribution in [0.2, 0.25) is 0 Å². The number of rotatable bonds is 2. The van der Waals surface area contributed by atoms with Gasteiger partial charge >= 0.3 is 0 Å². The van der Waals surface area contributed by atoms with Gasteiger partial charge in [-0.3, -0.25) is 4.40 Å². The van der Waals surface area contributed by atoms with Crippen LogP contribution < -0.4 is 9.80 Å². The molecule has 3 rings (SSSR count). The first-order valence-electron chi connectivity index (χ1n) is 6.93. The van der Waals surface area contributed by atoms with Gasteiger partial charge in [0, 0.05) is 12.6 Å². The van der Waals surface area contributed by atoms with Crippen LogP contribution in [0.5, 0.6) is 0 Å². The molecule has 2 unspecified atom stereocenters. The van der Waals surface area contributed by atoms with Crippen molar-refractivity contribution in [1.29, 1.82) is 0 Å². The van der Waals surface area contributed by atoms with Crippen LogP contribution in [0.4, 0.5) is 0 Å². The molecule has 2 aromatic rings. The Morgan fingerprint density at radius 3 is 3.00 bits per heavy atom. The van der Waals surface area contributed by atoms with Gasteiger partial charge in [0.15, 0.2) is 12.3 Å². The predicted octanol–water partition coefficient (Wildman–Crippen LogP) is -1.37. The van der Waals surface area contributed by atoms with Crippen LogP contribution in [-0.4, -0.2) is 47.4 Å². The van der Waals surface area contributed by atoms with E-state index in [0.717, 1.165) is 17.1 Å². The Labute approximate surface area is 118 Å². The van der Waals surface area contributed by atoms with E-state index >= 15 is 0 Å². The molecule has 3 heterocycles. The smallest absolute Gasteiger partial charge is 0.207 e. The summed E-state index contributed by atoms with van der Waals surface area (Å²) in [4.78, 5) is 3.21. The first-order valence-corrected chi connectivity index (χ1v) is 7.34. The fraction of sp³-hybridized carbons (Fsp3) is 0.538. The van der Waals surface area contributed by atoms with E-state index in [0.29, 0.717) is 0 Å². The molecule has 0 amide bonds. The Kier molecular flexibility index (Phi) is 3.63. The van der Waals surface area contributed by atoms with Crippen LogP contribution in [0.25, 0.3) is 5.65 Å². The van der Waals surface area contributed by atoms with Gasteiger partial charge in [-0.2, -0.15) is 4.68 Å². The number of nitrogens with zero attached hydrogens (tertiary/aromatic N) is 3. The van der Waals surface area contributed by atoms with Gasteiger partial charge in [-0.05, 0) is 24.4 Å². The third kappa shape index (κ3) is 2.70. The van der Waals surface area contributed by atoms with Gasteiger partial charge in [-0.1, -0.05) is 6.07 Å². The zero-order chi connectivity index (χ0) is 13.2. The number of likely N-dealkylation sites (N-methyl/N-ethyl adjacent to an activating group) is 1. The second-order valence-electron chi connectivity index (χ2n) is 5.43. The third-order valence-electron chi connectivity index (χ3n) is 3.90. The van der Waals surface area contributed by atoms with Gasteiger partial charge in [-0.25, -0.2) is 0 Å². The van der Waals surface area contributed by atoms with Crippen molar-refractivity contribution in [3.63, 3.8) is 0 Å². The Morgan fingerprint density at radius 1 is 1.26 bits per heavy atom. The van der Waals surface area contributed by atoms with Crippen LogP contribution in [0.1, 0.15) is 6.42 Å².